The van der Waals surface area contributed by atoms with Gasteiger partial charge in [-0.2, -0.15) is 0 Å². The highest BCUT2D eigenvalue weighted by molar-refractivity contribution is 7.89. The lowest BCUT2D eigenvalue weighted by Gasteiger charge is -2.10. The van der Waals surface area contributed by atoms with Crippen molar-refractivity contribution in [2.75, 3.05) is 11.9 Å². The summed E-state index contributed by atoms with van der Waals surface area (Å²) in [5, 5.41) is 2.41. The Morgan fingerprint density at radius 2 is 1.59 bits per heavy atom. The van der Waals surface area contributed by atoms with Crippen LogP contribution >= 0.6 is 0 Å². The van der Waals surface area contributed by atoms with Gasteiger partial charge in [-0.25, -0.2) is 21.9 Å². The lowest BCUT2D eigenvalue weighted by molar-refractivity contribution is 0.102. The maximum absolute atomic E-state index is 14.1. The Balaban J connectivity index is 1.72. The molecule has 0 saturated heterocycles. The number of rotatable bonds is 7. The van der Waals surface area contributed by atoms with Crippen molar-refractivity contribution in [1.82, 2.24) is 4.72 Å². The third-order valence-electron chi connectivity index (χ3n) is 4.14. The molecule has 0 saturated carbocycles. The molecule has 3 aromatic carbocycles. The average molecular weight is 416 g/mol. The molecule has 0 aromatic heterocycles. The van der Waals surface area contributed by atoms with Crippen LogP contribution in [0.5, 0.6) is 0 Å². The largest absolute Gasteiger partial charge is 0.322 e. The van der Waals surface area contributed by atoms with Gasteiger partial charge in [-0.05, 0) is 54.4 Å². The van der Waals surface area contributed by atoms with Crippen LogP contribution in [0.25, 0.3) is 0 Å². The first-order valence-corrected chi connectivity index (χ1v) is 10.2. The van der Waals surface area contributed by atoms with Crippen molar-refractivity contribution in [3.8, 4) is 0 Å². The number of halogens is 2. The zero-order valence-electron chi connectivity index (χ0n) is 15.2. The molecule has 0 aliphatic heterocycles. The van der Waals surface area contributed by atoms with Gasteiger partial charge in [0.05, 0.1) is 10.5 Å². The maximum atomic E-state index is 14.1. The summed E-state index contributed by atoms with van der Waals surface area (Å²) in [5.74, 6) is -2.19. The van der Waals surface area contributed by atoms with Gasteiger partial charge in [-0.1, -0.05) is 30.3 Å². The molecular formula is C21H18F2N2O3S. The maximum Gasteiger partial charge on any atom is 0.258 e. The molecule has 2 N–H and O–H groups in total. The first kappa shape index (κ1) is 20.6. The second-order valence-corrected chi connectivity index (χ2v) is 8.00. The minimum Gasteiger partial charge on any atom is -0.322 e. The van der Waals surface area contributed by atoms with Crippen molar-refractivity contribution in [3.05, 3.63) is 95.6 Å². The van der Waals surface area contributed by atoms with Crippen LogP contribution in [0.3, 0.4) is 0 Å². The van der Waals surface area contributed by atoms with Crippen LogP contribution in [-0.4, -0.2) is 20.9 Å². The molecule has 0 bridgehead atoms. The second kappa shape index (κ2) is 8.93. The minimum absolute atomic E-state index is 0.154. The van der Waals surface area contributed by atoms with E-state index in [-0.39, 0.29) is 17.1 Å². The third-order valence-corrected chi connectivity index (χ3v) is 5.60. The van der Waals surface area contributed by atoms with E-state index >= 15 is 0 Å². The molecule has 150 valence electrons. The Labute approximate surface area is 167 Å². The highest BCUT2D eigenvalue weighted by Gasteiger charge is 2.19. The molecule has 29 heavy (non-hydrogen) atoms. The lowest BCUT2D eigenvalue weighted by atomic mass is 10.2. The van der Waals surface area contributed by atoms with Crippen molar-refractivity contribution in [1.29, 1.82) is 0 Å². The summed E-state index contributed by atoms with van der Waals surface area (Å²) < 4.78 is 54.5. The number of hydrogen-bond donors (Lipinski definition) is 2. The molecule has 0 radical (unpaired) electrons. The minimum atomic E-state index is -3.93. The number of carbonyl (C=O) groups excluding carboxylic acids is 1. The van der Waals surface area contributed by atoms with Crippen LogP contribution in [0.15, 0.2) is 77.7 Å². The van der Waals surface area contributed by atoms with Crippen molar-refractivity contribution in [3.63, 3.8) is 0 Å². The van der Waals surface area contributed by atoms with E-state index in [2.05, 4.69) is 10.0 Å². The van der Waals surface area contributed by atoms with E-state index in [4.69, 9.17) is 0 Å². The lowest BCUT2D eigenvalue weighted by Crippen LogP contribution is -2.26. The number of nitrogens with one attached hydrogen (secondary N) is 2. The van der Waals surface area contributed by atoms with Gasteiger partial charge in [-0.15, -0.1) is 0 Å². The van der Waals surface area contributed by atoms with E-state index in [1.165, 1.54) is 12.1 Å². The molecule has 3 rings (SSSR count). The van der Waals surface area contributed by atoms with E-state index in [0.29, 0.717) is 6.42 Å². The molecule has 1 amide bonds. The molecule has 0 unspecified atom stereocenters. The van der Waals surface area contributed by atoms with Gasteiger partial charge >= 0.3 is 0 Å². The van der Waals surface area contributed by atoms with Crippen LogP contribution in [0.2, 0.25) is 0 Å². The summed E-state index contributed by atoms with van der Waals surface area (Å²) >= 11 is 0. The van der Waals surface area contributed by atoms with Crippen LogP contribution in [0.1, 0.15) is 15.9 Å². The second-order valence-electron chi connectivity index (χ2n) is 6.24. The van der Waals surface area contributed by atoms with Gasteiger partial charge in [0.2, 0.25) is 10.0 Å². The molecule has 8 heteroatoms. The monoisotopic (exact) mass is 416 g/mol. The topological polar surface area (TPSA) is 75.3 Å². The number of sulfonamides is 1. The summed E-state index contributed by atoms with van der Waals surface area (Å²) in [4.78, 5) is 12.1. The molecular weight excluding hydrogens is 398 g/mol. The SMILES string of the molecule is O=C(Nc1ccc(F)cc1)c1cc(S(=O)(=O)NCCc2ccccc2)ccc1F. The molecule has 0 aliphatic carbocycles. The molecule has 0 fully saturated rings. The van der Waals surface area contributed by atoms with Crippen molar-refractivity contribution in [2.45, 2.75) is 11.3 Å². The van der Waals surface area contributed by atoms with Gasteiger partial charge in [-0.3, -0.25) is 4.79 Å². The van der Waals surface area contributed by atoms with Crippen LogP contribution in [-0.2, 0) is 16.4 Å². The van der Waals surface area contributed by atoms with Crippen LogP contribution in [0.4, 0.5) is 14.5 Å². The fourth-order valence-corrected chi connectivity index (χ4v) is 3.69. The van der Waals surface area contributed by atoms with E-state index in [1.807, 2.05) is 30.3 Å². The summed E-state index contributed by atoms with van der Waals surface area (Å²) in [7, 11) is -3.93. The summed E-state index contributed by atoms with van der Waals surface area (Å²) in [6.45, 7) is 0.154. The predicted molar refractivity (Wildman–Crippen MR) is 106 cm³/mol. The van der Waals surface area contributed by atoms with Crippen LogP contribution in [0, 0.1) is 11.6 Å². The number of benzene rings is 3. The highest BCUT2D eigenvalue weighted by Crippen LogP contribution is 2.17. The highest BCUT2D eigenvalue weighted by atomic mass is 32.2. The summed E-state index contributed by atoms with van der Waals surface area (Å²) in [6.07, 6.45) is 0.485. The third kappa shape index (κ3) is 5.46. The molecule has 0 atom stereocenters. The zero-order valence-corrected chi connectivity index (χ0v) is 16.0. The Morgan fingerprint density at radius 1 is 0.897 bits per heavy atom. The number of hydrogen-bond acceptors (Lipinski definition) is 3. The zero-order chi connectivity index (χ0) is 20.9. The first-order chi connectivity index (χ1) is 13.8. The van der Waals surface area contributed by atoms with E-state index in [1.54, 1.807) is 0 Å². The van der Waals surface area contributed by atoms with E-state index < -0.39 is 33.1 Å². The standard InChI is InChI=1S/C21H18F2N2O3S/c22-16-6-8-17(9-7-16)25-21(26)19-14-18(10-11-20(19)23)29(27,28)24-13-12-15-4-2-1-3-5-15/h1-11,14,24H,12-13H2,(H,25,26). The molecule has 0 spiro atoms. The molecule has 0 aliphatic rings. The fraction of sp³-hybridized carbons (Fsp3) is 0.0952. The summed E-state index contributed by atoms with van der Waals surface area (Å²) in [5.41, 5.74) is 0.791. The Morgan fingerprint density at radius 3 is 2.28 bits per heavy atom. The average Bonchev–Trinajstić information content (AvgIpc) is 2.70. The van der Waals surface area contributed by atoms with E-state index in [9.17, 15) is 22.0 Å². The van der Waals surface area contributed by atoms with Gasteiger partial charge in [0.15, 0.2) is 0 Å². The van der Waals surface area contributed by atoms with Gasteiger partial charge in [0.25, 0.3) is 5.91 Å². The van der Waals surface area contributed by atoms with Crippen molar-refractivity contribution < 1.29 is 22.0 Å². The first-order valence-electron chi connectivity index (χ1n) is 8.75. The smallest absolute Gasteiger partial charge is 0.258 e. The van der Waals surface area contributed by atoms with Gasteiger partial charge in [0, 0.05) is 12.2 Å². The quantitative estimate of drug-likeness (QED) is 0.616. The van der Waals surface area contributed by atoms with Gasteiger partial charge in [0.1, 0.15) is 11.6 Å². The number of carbonyl (C=O) groups is 1. The molecule has 0 heterocycles. The molecule has 3 aromatic rings. The molecule has 5 nitrogen and oxygen atoms in total. The summed E-state index contributed by atoms with van der Waals surface area (Å²) in [6, 6.07) is 17.2. The van der Waals surface area contributed by atoms with Crippen LogP contribution < -0.4 is 10.0 Å². The van der Waals surface area contributed by atoms with Gasteiger partial charge < -0.3 is 5.32 Å². The number of anilines is 1. The van der Waals surface area contributed by atoms with Crippen molar-refractivity contribution >= 4 is 21.6 Å². The Kier molecular flexibility index (Phi) is 6.36. The van der Waals surface area contributed by atoms with E-state index in [0.717, 1.165) is 35.9 Å². The normalized spacial score (nSPS) is 11.2. The fourth-order valence-electron chi connectivity index (χ4n) is 2.63. The number of amides is 1. The Bertz CT molecular complexity index is 1100. The predicted octanol–water partition coefficient (Wildman–Crippen LogP) is 3.74. The van der Waals surface area contributed by atoms with Crippen molar-refractivity contribution in [2.24, 2.45) is 0 Å². The Hall–Kier alpha value is -3.10.